The zero-order valence-electron chi connectivity index (χ0n) is 13.7. The highest BCUT2D eigenvalue weighted by Gasteiger charge is 2.27. The molecule has 4 nitrogen and oxygen atoms in total. The molecule has 1 aromatic rings. The van der Waals surface area contributed by atoms with Gasteiger partial charge in [-0.05, 0) is 62.9 Å². The van der Waals surface area contributed by atoms with Gasteiger partial charge in [-0.15, -0.1) is 0 Å². The van der Waals surface area contributed by atoms with Crippen LogP contribution in [-0.2, 0) is 11.3 Å². The molecule has 1 amide bonds. The van der Waals surface area contributed by atoms with E-state index in [1.807, 2.05) is 11.9 Å². The molecule has 1 aliphatic carbocycles. The lowest BCUT2D eigenvalue weighted by atomic mass is 10.1. The van der Waals surface area contributed by atoms with Gasteiger partial charge in [-0.25, -0.2) is 4.39 Å². The molecule has 126 valence electrons. The minimum atomic E-state index is -0.299. The predicted octanol–water partition coefficient (Wildman–Crippen LogP) is 2.43. The van der Waals surface area contributed by atoms with Gasteiger partial charge < -0.3 is 15.0 Å². The Morgan fingerprint density at radius 3 is 2.91 bits per heavy atom. The number of hydrogen-bond donors (Lipinski definition) is 1. The number of halogens is 1. The van der Waals surface area contributed by atoms with E-state index in [0.717, 1.165) is 26.1 Å². The molecule has 0 aromatic heterocycles. The first-order chi connectivity index (χ1) is 11.2. The molecule has 2 fully saturated rings. The summed E-state index contributed by atoms with van der Waals surface area (Å²) in [5, 5.41) is 3.16. The summed E-state index contributed by atoms with van der Waals surface area (Å²) in [6.07, 6.45) is 3.44. The Hall–Kier alpha value is -1.46. The van der Waals surface area contributed by atoms with Gasteiger partial charge in [0.15, 0.2) is 0 Å². The van der Waals surface area contributed by atoms with E-state index in [9.17, 15) is 9.18 Å². The van der Waals surface area contributed by atoms with Crippen molar-refractivity contribution in [3.8, 4) is 0 Å². The molecule has 23 heavy (non-hydrogen) atoms. The number of amides is 1. The fourth-order valence-electron chi connectivity index (χ4n) is 3.09. The van der Waals surface area contributed by atoms with E-state index >= 15 is 0 Å². The van der Waals surface area contributed by atoms with Crippen molar-refractivity contribution in [2.45, 2.75) is 25.9 Å². The number of benzene rings is 1. The summed E-state index contributed by atoms with van der Waals surface area (Å²) < 4.78 is 19.5. The van der Waals surface area contributed by atoms with Gasteiger partial charge in [-0.1, -0.05) is 0 Å². The second-order valence-corrected chi connectivity index (χ2v) is 6.73. The number of hydrogen-bond acceptors (Lipinski definition) is 3. The molecule has 1 aromatic carbocycles. The van der Waals surface area contributed by atoms with E-state index in [1.54, 1.807) is 12.1 Å². The summed E-state index contributed by atoms with van der Waals surface area (Å²) in [4.78, 5) is 14.5. The van der Waals surface area contributed by atoms with Gasteiger partial charge in [0.2, 0.25) is 0 Å². The number of nitrogens with one attached hydrogen (secondary N) is 1. The Balaban J connectivity index is 1.61. The summed E-state index contributed by atoms with van der Waals surface area (Å²) in [6, 6.07) is 4.60. The Labute approximate surface area is 137 Å². The van der Waals surface area contributed by atoms with Crippen molar-refractivity contribution in [3.63, 3.8) is 0 Å². The van der Waals surface area contributed by atoms with Crippen molar-refractivity contribution in [1.29, 1.82) is 0 Å². The van der Waals surface area contributed by atoms with Crippen molar-refractivity contribution in [2.75, 3.05) is 33.3 Å². The minimum absolute atomic E-state index is 0.00736. The Bertz CT molecular complexity index is 560. The number of carbonyl (C=O) groups excluding carboxylic acids is 1. The molecule has 1 N–H and O–H groups in total. The standard InChI is InChI=1S/C18H25FN2O2/c1-20-9-14-6-7-21(10-14)18(22)15-4-5-17(19)16(8-15)12-23-11-13-2-3-13/h4-5,8,13-14,20H,2-3,6-7,9-12H2,1H3. The highest BCUT2D eigenvalue weighted by atomic mass is 19.1. The third-order valence-electron chi connectivity index (χ3n) is 4.67. The summed E-state index contributed by atoms with van der Waals surface area (Å²) in [5.41, 5.74) is 1.03. The molecule has 1 aliphatic heterocycles. The second-order valence-electron chi connectivity index (χ2n) is 6.73. The first-order valence-corrected chi connectivity index (χ1v) is 8.47. The number of carbonyl (C=O) groups is 1. The maximum atomic E-state index is 13.9. The molecule has 2 aliphatic rings. The van der Waals surface area contributed by atoms with Crippen LogP contribution >= 0.6 is 0 Å². The lowest BCUT2D eigenvalue weighted by Gasteiger charge is -2.17. The van der Waals surface area contributed by atoms with E-state index in [4.69, 9.17) is 4.74 Å². The summed E-state index contributed by atoms with van der Waals surface area (Å²) in [6.45, 7) is 3.40. The Kier molecular flexibility index (Phi) is 5.28. The van der Waals surface area contributed by atoms with Crippen LogP contribution in [-0.4, -0.2) is 44.1 Å². The zero-order valence-corrected chi connectivity index (χ0v) is 13.7. The highest BCUT2D eigenvalue weighted by Crippen LogP contribution is 2.29. The van der Waals surface area contributed by atoms with Gasteiger partial charge in [-0.3, -0.25) is 4.79 Å². The molecule has 0 bridgehead atoms. The second kappa shape index (κ2) is 7.41. The van der Waals surface area contributed by atoms with Crippen LogP contribution in [0.3, 0.4) is 0 Å². The van der Waals surface area contributed by atoms with Gasteiger partial charge in [-0.2, -0.15) is 0 Å². The van der Waals surface area contributed by atoms with Crippen LogP contribution in [0.2, 0.25) is 0 Å². The van der Waals surface area contributed by atoms with Gasteiger partial charge >= 0.3 is 0 Å². The normalized spacial score (nSPS) is 21.0. The first kappa shape index (κ1) is 16.4. The molecular formula is C18H25FN2O2. The van der Waals surface area contributed by atoms with Gasteiger partial charge in [0.05, 0.1) is 6.61 Å². The number of rotatable bonds is 7. The Morgan fingerprint density at radius 1 is 1.35 bits per heavy atom. The summed E-state index contributed by atoms with van der Waals surface area (Å²) in [7, 11) is 1.93. The van der Waals surface area contributed by atoms with Crippen LogP contribution in [0.15, 0.2) is 18.2 Å². The molecule has 1 unspecified atom stereocenters. The van der Waals surface area contributed by atoms with Crippen molar-refractivity contribution in [1.82, 2.24) is 10.2 Å². The number of likely N-dealkylation sites (tertiary alicyclic amines) is 1. The quantitative estimate of drug-likeness (QED) is 0.839. The number of nitrogens with zero attached hydrogens (tertiary/aromatic N) is 1. The van der Waals surface area contributed by atoms with Gasteiger partial charge in [0.1, 0.15) is 5.82 Å². The molecular weight excluding hydrogens is 295 g/mol. The molecule has 0 radical (unpaired) electrons. The average molecular weight is 320 g/mol. The predicted molar refractivity (Wildman–Crippen MR) is 86.7 cm³/mol. The number of ether oxygens (including phenoxy) is 1. The largest absolute Gasteiger partial charge is 0.376 e. The van der Waals surface area contributed by atoms with E-state index in [-0.39, 0.29) is 18.3 Å². The third kappa shape index (κ3) is 4.30. The van der Waals surface area contributed by atoms with Crippen LogP contribution in [0.4, 0.5) is 4.39 Å². The molecule has 3 rings (SSSR count). The molecule has 5 heteroatoms. The minimum Gasteiger partial charge on any atom is -0.376 e. The van der Waals surface area contributed by atoms with Crippen LogP contribution < -0.4 is 5.32 Å². The smallest absolute Gasteiger partial charge is 0.253 e. The maximum Gasteiger partial charge on any atom is 0.253 e. The SMILES string of the molecule is CNCC1CCN(C(=O)c2ccc(F)c(COCC3CC3)c2)C1. The van der Waals surface area contributed by atoms with Crippen LogP contribution in [0.5, 0.6) is 0 Å². The monoisotopic (exact) mass is 320 g/mol. The lowest BCUT2D eigenvalue weighted by molar-refractivity contribution is 0.0786. The van der Waals surface area contributed by atoms with E-state index in [1.165, 1.54) is 18.9 Å². The fraction of sp³-hybridized carbons (Fsp3) is 0.611. The zero-order chi connectivity index (χ0) is 16.2. The van der Waals surface area contributed by atoms with E-state index in [0.29, 0.717) is 29.6 Å². The maximum absolute atomic E-state index is 13.9. The average Bonchev–Trinajstić information content (AvgIpc) is 3.25. The summed E-state index contributed by atoms with van der Waals surface area (Å²) in [5.74, 6) is 0.848. The Morgan fingerprint density at radius 2 is 2.17 bits per heavy atom. The molecule has 1 saturated carbocycles. The summed E-state index contributed by atoms with van der Waals surface area (Å²) >= 11 is 0. The van der Waals surface area contributed by atoms with Crippen molar-refractivity contribution >= 4 is 5.91 Å². The van der Waals surface area contributed by atoms with Gasteiger partial charge in [0, 0.05) is 30.8 Å². The van der Waals surface area contributed by atoms with Crippen molar-refractivity contribution < 1.29 is 13.9 Å². The van der Waals surface area contributed by atoms with Crippen LogP contribution in [0.25, 0.3) is 0 Å². The molecule has 1 saturated heterocycles. The van der Waals surface area contributed by atoms with Crippen molar-refractivity contribution in [3.05, 3.63) is 35.1 Å². The van der Waals surface area contributed by atoms with E-state index in [2.05, 4.69) is 5.32 Å². The van der Waals surface area contributed by atoms with Crippen LogP contribution in [0.1, 0.15) is 35.2 Å². The molecule has 1 atom stereocenters. The third-order valence-corrected chi connectivity index (χ3v) is 4.67. The first-order valence-electron chi connectivity index (χ1n) is 8.47. The van der Waals surface area contributed by atoms with Gasteiger partial charge in [0.25, 0.3) is 5.91 Å². The molecule has 0 spiro atoms. The highest BCUT2D eigenvalue weighted by molar-refractivity contribution is 5.94. The van der Waals surface area contributed by atoms with E-state index < -0.39 is 0 Å². The lowest BCUT2D eigenvalue weighted by Crippen LogP contribution is -2.30. The molecule has 1 heterocycles. The van der Waals surface area contributed by atoms with Crippen molar-refractivity contribution in [2.24, 2.45) is 11.8 Å². The topological polar surface area (TPSA) is 41.6 Å². The fourth-order valence-corrected chi connectivity index (χ4v) is 3.09. The van der Waals surface area contributed by atoms with Crippen LogP contribution in [0, 0.1) is 17.7 Å².